The maximum Gasteiger partial charge on any atom is 0.152 e. The summed E-state index contributed by atoms with van der Waals surface area (Å²) >= 11 is 0. The van der Waals surface area contributed by atoms with Gasteiger partial charge >= 0.3 is 0 Å². The van der Waals surface area contributed by atoms with Gasteiger partial charge in [-0.1, -0.05) is 19.1 Å². The third-order valence-electron chi connectivity index (χ3n) is 3.61. The lowest BCUT2D eigenvalue weighted by Crippen LogP contribution is -2.26. The molecule has 0 atom stereocenters. The molecule has 1 heterocycles. The van der Waals surface area contributed by atoms with Crippen LogP contribution in [0.15, 0.2) is 24.3 Å². The smallest absolute Gasteiger partial charge is 0.152 e. The molecule has 1 fully saturated rings. The molecule has 1 aromatic carbocycles. The van der Waals surface area contributed by atoms with Crippen molar-refractivity contribution in [1.82, 2.24) is 5.32 Å². The van der Waals surface area contributed by atoms with Gasteiger partial charge in [-0.15, -0.1) is 0 Å². The zero-order valence-corrected chi connectivity index (χ0v) is 13.0. The fourth-order valence-corrected chi connectivity index (χ4v) is 3.70. The average Bonchev–Trinajstić information content (AvgIpc) is 2.61. The molecule has 4 nitrogen and oxygen atoms in total. The van der Waals surface area contributed by atoms with Gasteiger partial charge in [-0.2, -0.15) is 0 Å². The monoisotopic (exact) mass is 296 g/mol. The standard InChI is InChI=1S/C15H24N2O2S/c1-2-8-16-13-14-4-6-15(7-5-14)17-9-3-11-20(18,19)12-10-17/h4-7,16H,2-3,8-13H2,1H3. The molecule has 2 rings (SSSR count). The Bertz CT molecular complexity index is 511. The number of benzene rings is 1. The summed E-state index contributed by atoms with van der Waals surface area (Å²) in [6.45, 7) is 5.51. The predicted octanol–water partition coefficient (Wildman–Crippen LogP) is 1.81. The molecule has 20 heavy (non-hydrogen) atoms. The average molecular weight is 296 g/mol. The zero-order valence-electron chi connectivity index (χ0n) is 12.1. The first-order valence-corrected chi connectivity index (χ1v) is 9.18. The van der Waals surface area contributed by atoms with E-state index in [9.17, 15) is 8.42 Å². The van der Waals surface area contributed by atoms with E-state index in [4.69, 9.17) is 0 Å². The molecule has 0 bridgehead atoms. The molecular weight excluding hydrogens is 272 g/mol. The van der Waals surface area contributed by atoms with Gasteiger partial charge in [-0.25, -0.2) is 8.42 Å². The molecule has 0 amide bonds. The number of hydrogen-bond acceptors (Lipinski definition) is 4. The minimum Gasteiger partial charge on any atom is -0.370 e. The van der Waals surface area contributed by atoms with Crippen LogP contribution in [-0.2, 0) is 16.4 Å². The third-order valence-corrected chi connectivity index (χ3v) is 5.33. The Labute approximate surface area is 122 Å². The maximum atomic E-state index is 11.6. The van der Waals surface area contributed by atoms with Crippen LogP contribution in [0, 0.1) is 0 Å². The zero-order chi connectivity index (χ0) is 14.4. The van der Waals surface area contributed by atoms with E-state index in [0.717, 1.165) is 38.2 Å². The molecule has 0 saturated carbocycles. The van der Waals surface area contributed by atoms with E-state index in [1.807, 2.05) is 0 Å². The topological polar surface area (TPSA) is 49.4 Å². The fourth-order valence-electron chi connectivity index (χ4n) is 2.43. The van der Waals surface area contributed by atoms with Crippen molar-refractivity contribution in [1.29, 1.82) is 0 Å². The van der Waals surface area contributed by atoms with Crippen LogP contribution >= 0.6 is 0 Å². The summed E-state index contributed by atoms with van der Waals surface area (Å²) in [4.78, 5) is 2.17. The summed E-state index contributed by atoms with van der Waals surface area (Å²) in [6.07, 6.45) is 1.86. The minimum absolute atomic E-state index is 0.271. The highest BCUT2D eigenvalue weighted by atomic mass is 32.2. The fraction of sp³-hybridized carbons (Fsp3) is 0.600. The van der Waals surface area contributed by atoms with Gasteiger partial charge in [0, 0.05) is 25.3 Å². The third kappa shape index (κ3) is 4.49. The first kappa shape index (κ1) is 15.3. The lowest BCUT2D eigenvalue weighted by atomic mass is 10.2. The highest BCUT2D eigenvalue weighted by Gasteiger charge is 2.19. The van der Waals surface area contributed by atoms with Gasteiger partial charge < -0.3 is 10.2 Å². The molecule has 0 spiro atoms. The largest absolute Gasteiger partial charge is 0.370 e. The van der Waals surface area contributed by atoms with Gasteiger partial charge in [0.1, 0.15) is 0 Å². The number of sulfone groups is 1. The molecular formula is C15H24N2O2S. The van der Waals surface area contributed by atoms with Crippen molar-refractivity contribution in [3.05, 3.63) is 29.8 Å². The second kappa shape index (κ2) is 7.09. The van der Waals surface area contributed by atoms with E-state index < -0.39 is 9.84 Å². The summed E-state index contributed by atoms with van der Waals surface area (Å²) in [5.74, 6) is 0.593. The molecule has 112 valence electrons. The Hall–Kier alpha value is -1.07. The number of nitrogens with one attached hydrogen (secondary N) is 1. The second-order valence-electron chi connectivity index (χ2n) is 5.34. The van der Waals surface area contributed by atoms with Crippen molar-refractivity contribution >= 4 is 15.5 Å². The molecule has 0 aromatic heterocycles. The summed E-state index contributed by atoms with van der Waals surface area (Å²) in [5, 5.41) is 3.38. The maximum absolute atomic E-state index is 11.6. The molecule has 5 heteroatoms. The van der Waals surface area contributed by atoms with Crippen molar-refractivity contribution in [3.63, 3.8) is 0 Å². The highest BCUT2D eigenvalue weighted by molar-refractivity contribution is 7.91. The number of anilines is 1. The van der Waals surface area contributed by atoms with Crippen LogP contribution in [0.2, 0.25) is 0 Å². The molecule has 1 saturated heterocycles. The highest BCUT2D eigenvalue weighted by Crippen LogP contribution is 2.18. The lowest BCUT2D eigenvalue weighted by molar-refractivity contribution is 0.597. The molecule has 1 aliphatic heterocycles. The van der Waals surface area contributed by atoms with Gasteiger partial charge in [0.2, 0.25) is 0 Å². The van der Waals surface area contributed by atoms with Gasteiger partial charge in [0.05, 0.1) is 11.5 Å². The Kier molecular flexibility index (Phi) is 5.43. The Balaban J connectivity index is 1.95. The van der Waals surface area contributed by atoms with Crippen LogP contribution < -0.4 is 10.2 Å². The van der Waals surface area contributed by atoms with E-state index in [0.29, 0.717) is 12.3 Å². The predicted molar refractivity (Wildman–Crippen MR) is 83.9 cm³/mol. The van der Waals surface area contributed by atoms with E-state index in [-0.39, 0.29) is 5.75 Å². The number of nitrogens with zero attached hydrogens (tertiary/aromatic N) is 1. The number of rotatable bonds is 5. The Morgan fingerprint density at radius 1 is 1.15 bits per heavy atom. The van der Waals surface area contributed by atoms with Crippen molar-refractivity contribution in [2.45, 2.75) is 26.3 Å². The van der Waals surface area contributed by atoms with Crippen molar-refractivity contribution < 1.29 is 8.42 Å². The van der Waals surface area contributed by atoms with E-state index >= 15 is 0 Å². The first-order chi connectivity index (χ1) is 9.61. The van der Waals surface area contributed by atoms with Crippen LogP contribution in [0.3, 0.4) is 0 Å². The summed E-state index contributed by atoms with van der Waals surface area (Å²) in [5.41, 5.74) is 2.39. The van der Waals surface area contributed by atoms with Crippen molar-refractivity contribution in [2.75, 3.05) is 36.0 Å². The van der Waals surface area contributed by atoms with Gasteiger partial charge in [-0.3, -0.25) is 0 Å². The molecule has 0 unspecified atom stereocenters. The van der Waals surface area contributed by atoms with Crippen LogP contribution in [0.4, 0.5) is 5.69 Å². The normalized spacial score (nSPS) is 18.8. The van der Waals surface area contributed by atoms with Crippen molar-refractivity contribution in [3.8, 4) is 0 Å². The van der Waals surface area contributed by atoms with Gasteiger partial charge in [-0.05, 0) is 37.1 Å². The first-order valence-electron chi connectivity index (χ1n) is 7.36. The van der Waals surface area contributed by atoms with E-state index in [2.05, 4.69) is 41.4 Å². The summed E-state index contributed by atoms with van der Waals surface area (Å²) in [6, 6.07) is 8.44. The number of hydrogen-bond donors (Lipinski definition) is 1. The lowest BCUT2D eigenvalue weighted by Gasteiger charge is -2.22. The Morgan fingerprint density at radius 3 is 2.60 bits per heavy atom. The van der Waals surface area contributed by atoms with Gasteiger partial charge in [0.25, 0.3) is 0 Å². The van der Waals surface area contributed by atoms with E-state index in [1.54, 1.807) is 0 Å². The van der Waals surface area contributed by atoms with Gasteiger partial charge in [0.15, 0.2) is 9.84 Å². The summed E-state index contributed by atoms with van der Waals surface area (Å²) in [7, 11) is -2.83. The quantitative estimate of drug-likeness (QED) is 0.842. The second-order valence-corrected chi connectivity index (χ2v) is 7.64. The van der Waals surface area contributed by atoms with Crippen molar-refractivity contribution in [2.24, 2.45) is 0 Å². The SMILES string of the molecule is CCCNCc1ccc(N2CCCS(=O)(=O)CC2)cc1. The molecule has 0 aliphatic carbocycles. The molecule has 1 N–H and O–H groups in total. The summed E-state index contributed by atoms with van der Waals surface area (Å²) < 4.78 is 23.2. The molecule has 1 aromatic rings. The minimum atomic E-state index is -2.83. The molecule has 1 aliphatic rings. The van der Waals surface area contributed by atoms with Crippen LogP contribution in [-0.4, -0.2) is 39.6 Å². The van der Waals surface area contributed by atoms with Crippen LogP contribution in [0.25, 0.3) is 0 Å². The van der Waals surface area contributed by atoms with Crippen LogP contribution in [0.1, 0.15) is 25.3 Å². The molecule has 0 radical (unpaired) electrons. The van der Waals surface area contributed by atoms with Crippen LogP contribution in [0.5, 0.6) is 0 Å². The van der Waals surface area contributed by atoms with E-state index in [1.165, 1.54) is 5.56 Å². The Morgan fingerprint density at radius 2 is 1.90 bits per heavy atom.